The molecule has 2 aliphatic rings. The van der Waals surface area contributed by atoms with Crippen molar-refractivity contribution in [3.8, 4) is 0 Å². The fourth-order valence-electron chi connectivity index (χ4n) is 3.90. The van der Waals surface area contributed by atoms with Crippen LogP contribution in [0.2, 0.25) is 0 Å². The zero-order valence-corrected chi connectivity index (χ0v) is 19.8. The number of aliphatic imine (C=N–C) groups is 1. The van der Waals surface area contributed by atoms with Crippen LogP contribution in [0.3, 0.4) is 0 Å². The fraction of sp³-hybridized carbons (Fsp3) is 0.500. The first-order valence-corrected chi connectivity index (χ1v) is 10.7. The Morgan fingerprint density at radius 1 is 1.38 bits per heavy atom. The van der Waals surface area contributed by atoms with Crippen LogP contribution in [0.4, 0.5) is 10.2 Å². The number of guanidine groups is 1. The molecular weight excluding hydrogens is 502 g/mol. The van der Waals surface area contributed by atoms with Crippen LogP contribution < -0.4 is 15.5 Å². The van der Waals surface area contributed by atoms with Crippen molar-refractivity contribution in [3.05, 3.63) is 46.0 Å². The maximum atomic E-state index is 13.9. The van der Waals surface area contributed by atoms with Gasteiger partial charge in [-0.15, -0.1) is 35.3 Å². The first kappa shape index (κ1) is 22.2. The van der Waals surface area contributed by atoms with Crippen molar-refractivity contribution in [2.75, 3.05) is 44.7 Å². The highest BCUT2D eigenvalue weighted by Gasteiger charge is 2.26. The molecule has 1 atom stereocenters. The van der Waals surface area contributed by atoms with E-state index < -0.39 is 0 Å². The van der Waals surface area contributed by atoms with Crippen molar-refractivity contribution in [2.45, 2.75) is 25.4 Å². The smallest absolute Gasteiger partial charge is 0.191 e. The number of halogens is 2. The molecule has 9 heteroatoms. The largest absolute Gasteiger partial charge is 0.355 e. The Kier molecular flexibility index (Phi) is 8.07. The molecule has 1 fully saturated rings. The Labute approximate surface area is 192 Å². The third kappa shape index (κ3) is 5.58. The summed E-state index contributed by atoms with van der Waals surface area (Å²) >= 11 is 1.87. The summed E-state index contributed by atoms with van der Waals surface area (Å²) in [6.07, 6.45) is 3.73. The highest BCUT2D eigenvalue weighted by atomic mass is 127. The Hall–Kier alpha value is -1.46. The molecule has 1 saturated heterocycles. The number of aromatic nitrogens is 1. The van der Waals surface area contributed by atoms with Gasteiger partial charge in [-0.2, -0.15) is 0 Å². The molecule has 158 valence electrons. The maximum absolute atomic E-state index is 13.9. The van der Waals surface area contributed by atoms with E-state index in [2.05, 4.69) is 37.0 Å². The van der Waals surface area contributed by atoms with Crippen molar-refractivity contribution >= 4 is 47.1 Å². The van der Waals surface area contributed by atoms with Gasteiger partial charge in [0.1, 0.15) is 0 Å². The minimum absolute atomic E-state index is 0. The molecule has 0 spiro atoms. The Balaban J connectivity index is 0.00000240. The van der Waals surface area contributed by atoms with Gasteiger partial charge in [-0.05, 0) is 42.0 Å². The normalized spacial score (nSPS) is 19.6. The van der Waals surface area contributed by atoms with Gasteiger partial charge in [0, 0.05) is 63.4 Å². The van der Waals surface area contributed by atoms with Crippen LogP contribution in [0.1, 0.15) is 16.9 Å². The molecular formula is C20H28FIN6S. The summed E-state index contributed by atoms with van der Waals surface area (Å²) < 4.78 is 13.9. The predicted octanol–water partition coefficient (Wildman–Crippen LogP) is 2.70. The molecule has 2 aliphatic heterocycles. The van der Waals surface area contributed by atoms with Crippen LogP contribution in [0, 0.1) is 5.82 Å². The first-order chi connectivity index (χ1) is 13.7. The molecule has 29 heavy (non-hydrogen) atoms. The number of hydrogen-bond acceptors (Lipinski definition) is 5. The summed E-state index contributed by atoms with van der Waals surface area (Å²) in [6.45, 7) is 5.52. The molecule has 0 saturated carbocycles. The number of rotatable bonds is 5. The monoisotopic (exact) mass is 530 g/mol. The SMILES string of the molecule is CN=C(NCCN1CCc2sccc2C1)NC1CCN(c2ncccc2F)C1.I. The molecule has 0 aromatic carbocycles. The summed E-state index contributed by atoms with van der Waals surface area (Å²) in [5, 5.41) is 9.08. The third-order valence-electron chi connectivity index (χ3n) is 5.40. The van der Waals surface area contributed by atoms with Crippen LogP contribution in [0.25, 0.3) is 0 Å². The van der Waals surface area contributed by atoms with Crippen LogP contribution in [-0.2, 0) is 13.0 Å². The van der Waals surface area contributed by atoms with E-state index in [4.69, 9.17) is 0 Å². The lowest BCUT2D eigenvalue weighted by atomic mass is 10.1. The number of nitrogens with one attached hydrogen (secondary N) is 2. The van der Waals surface area contributed by atoms with E-state index in [1.165, 1.54) is 16.5 Å². The summed E-state index contributed by atoms with van der Waals surface area (Å²) in [7, 11) is 1.79. The van der Waals surface area contributed by atoms with Crippen molar-refractivity contribution in [2.24, 2.45) is 4.99 Å². The Bertz CT molecular complexity index is 829. The molecule has 0 aliphatic carbocycles. The molecule has 2 N–H and O–H groups in total. The fourth-order valence-corrected chi connectivity index (χ4v) is 4.79. The van der Waals surface area contributed by atoms with Gasteiger partial charge in [0.2, 0.25) is 0 Å². The summed E-state index contributed by atoms with van der Waals surface area (Å²) in [5.74, 6) is 0.982. The highest BCUT2D eigenvalue weighted by Crippen LogP contribution is 2.23. The van der Waals surface area contributed by atoms with Gasteiger partial charge >= 0.3 is 0 Å². The topological polar surface area (TPSA) is 55.8 Å². The lowest BCUT2D eigenvalue weighted by molar-refractivity contribution is 0.260. The van der Waals surface area contributed by atoms with Gasteiger partial charge in [0.25, 0.3) is 0 Å². The quantitative estimate of drug-likeness (QED) is 0.354. The van der Waals surface area contributed by atoms with E-state index in [1.54, 1.807) is 19.3 Å². The van der Waals surface area contributed by atoms with Gasteiger partial charge in [0.15, 0.2) is 17.6 Å². The highest BCUT2D eigenvalue weighted by molar-refractivity contribution is 14.0. The average molecular weight is 530 g/mol. The minimum atomic E-state index is -0.263. The minimum Gasteiger partial charge on any atom is -0.355 e. The first-order valence-electron chi connectivity index (χ1n) is 9.83. The van der Waals surface area contributed by atoms with E-state index in [1.807, 2.05) is 16.2 Å². The molecule has 0 amide bonds. The second kappa shape index (κ2) is 10.5. The van der Waals surface area contributed by atoms with Gasteiger partial charge in [-0.1, -0.05) is 0 Å². The van der Waals surface area contributed by atoms with Crippen molar-refractivity contribution in [1.29, 1.82) is 0 Å². The second-order valence-electron chi connectivity index (χ2n) is 7.28. The van der Waals surface area contributed by atoms with E-state index in [0.717, 1.165) is 58.1 Å². The zero-order chi connectivity index (χ0) is 19.3. The second-order valence-corrected chi connectivity index (χ2v) is 8.28. The van der Waals surface area contributed by atoms with Gasteiger partial charge in [-0.25, -0.2) is 9.37 Å². The van der Waals surface area contributed by atoms with Crippen LogP contribution in [0.5, 0.6) is 0 Å². The van der Waals surface area contributed by atoms with Crippen LogP contribution >= 0.6 is 35.3 Å². The number of anilines is 1. The maximum Gasteiger partial charge on any atom is 0.191 e. The number of pyridine rings is 1. The molecule has 4 rings (SSSR count). The predicted molar refractivity (Wildman–Crippen MR) is 128 cm³/mol. The number of fused-ring (bicyclic) bond motifs is 1. The van der Waals surface area contributed by atoms with Crippen molar-refractivity contribution < 1.29 is 4.39 Å². The lowest BCUT2D eigenvalue weighted by Gasteiger charge is -2.27. The van der Waals surface area contributed by atoms with Gasteiger partial charge in [-0.3, -0.25) is 9.89 Å². The molecule has 6 nitrogen and oxygen atoms in total. The van der Waals surface area contributed by atoms with Crippen molar-refractivity contribution in [1.82, 2.24) is 20.5 Å². The Morgan fingerprint density at radius 3 is 3.10 bits per heavy atom. The van der Waals surface area contributed by atoms with E-state index in [0.29, 0.717) is 5.82 Å². The third-order valence-corrected chi connectivity index (χ3v) is 6.42. The van der Waals surface area contributed by atoms with Crippen LogP contribution in [0.15, 0.2) is 34.8 Å². The summed E-state index contributed by atoms with van der Waals surface area (Å²) in [5.41, 5.74) is 1.48. The van der Waals surface area contributed by atoms with E-state index >= 15 is 0 Å². The number of thiophene rings is 1. The average Bonchev–Trinajstić information content (AvgIpc) is 3.36. The van der Waals surface area contributed by atoms with Gasteiger partial charge in [0.05, 0.1) is 0 Å². The Morgan fingerprint density at radius 2 is 2.28 bits per heavy atom. The van der Waals surface area contributed by atoms with Crippen molar-refractivity contribution in [3.63, 3.8) is 0 Å². The molecule has 2 aromatic rings. The molecule has 2 aromatic heterocycles. The standard InChI is InChI=1S/C20H27FN6S.HI/c1-22-20(24-8-11-26-9-5-18-15(13-26)6-12-28-18)25-16-4-10-27(14-16)19-17(21)3-2-7-23-19;/h2-3,6-7,12,16H,4-5,8-11,13-14H2,1H3,(H2,22,24,25);1H. The van der Waals surface area contributed by atoms with E-state index in [-0.39, 0.29) is 35.8 Å². The molecule has 0 bridgehead atoms. The van der Waals surface area contributed by atoms with Gasteiger partial charge < -0.3 is 15.5 Å². The molecule has 1 unspecified atom stereocenters. The molecule has 4 heterocycles. The summed E-state index contributed by atoms with van der Waals surface area (Å²) in [4.78, 5) is 14.5. The van der Waals surface area contributed by atoms with E-state index in [9.17, 15) is 4.39 Å². The molecule has 0 radical (unpaired) electrons. The number of hydrogen-bond donors (Lipinski definition) is 2. The zero-order valence-electron chi connectivity index (χ0n) is 16.6. The lowest BCUT2D eigenvalue weighted by Crippen LogP contribution is -2.47. The summed E-state index contributed by atoms with van der Waals surface area (Å²) in [6, 6.07) is 5.56. The van der Waals surface area contributed by atoms with Crippen LogP contribution in [-0.4, -0.2) is 61.7 Å². The number of nitrogens with zero attached hydrogens (tertiary/aromatic N) is 4.